The quantitative estimate of drug-likeness (QED) is 0.593. The number of carbonyl (C=O) groups excluding carboxylic acids is 1. The van der Waals surface area contributed by atoms with Crippen LogP contribution in [0.1, 0.15) is 23.7 Å². The number of methoxy groups -OCH3 is 1. The third-order valence-electron chi connectivity index (χ3n) is 2.47. The maximum atomic E-state index is 11.9. The van der Waals surface area contributed by atoms with Crippen LogP contribution in [0.4, 0.5) is 0 Å². The van der Waals surface area contributed by atoms with Crippen molar-refractivity contribution in [2.45, 2.75) is 13.3 Å². The minimum atomic E-state index is -0.239. The fraction of sp³-hybridized carbons (Fsp3) is 0.429. The standard InChI is InChI=1S/C14H20N2O3S/c1-3-19-12-7-5-11(6-8-12)13(17)16-14(20)15-9-4-10-18-2/h5-8H,3-4,9-10H2,1-2H3,(H2,15,16,17,20). The average molecular weight is 296 g/mol. The van der Waals surface area contributed by atoms with Crippen LogP contribution < -0.4 is 15.4 Å². The van der Waals surface area contributed by atoms with Gasteiger partial charge in [0.2, 0.25) is 0 Å². The van der Waals surface area contributed by atoms with E-state index in [0.29, 0.717) is 30.4 Å². The average Bonchev–Trinajstić information content (AvgIpc) is 2.45. The summed E-state index contributed by atoms with van der Waals surface area (Å²) in [6.45, 7) is 3.83. The summed E-state index contributed by atoms with van der Waals surface area (Å²) >= 11 is 5.04. The van der Waals surface area contributed by atoms with Crippen molar-refractivity contribution >= 4 is 23.2 Å². The molecule has 0 saturated carbocycles. The van der Waals surface area contributed by atoms with Crippen molar-refractivity contribution in [2.75, 3.05) is 26.9 Å². The largest absolute Gasteiger partial charge is 0.494 e. The summed E-state index contributed by atoms with van der Waals surface area (Å²) < 4.78 is 10.2. The lowest BCUT2D eigenvalue weighted by molar-refractivity contribution is 0.0976. The second kappa shape index (κ2) is 9.28. The van der Waals surface area contributed by atoms with Crippen LogP contribution in [0.25, 0.3) is 0 Å². The Labute approximate surface area is 124 Å². The molecule has 0 aliphatic carbocycles. The molecule has 6 heteroatoms. The van der Waals surface area contributed by atoms with Crippen LogP contribution in [0.5, 0.6) is 5.75 Å². The zero-order valence-electron chi connectivity index (χ0n) is 11.8. The van der Waals surface area contributed by atoms with Crippen LogP contribution in [-0.2, 0) is 4.74 Å². The lowest BCUT2D eigenvalue weighted by Gasteiger charge is -2.09. The van der Waals surface area contributed by atoms with E-state index in [1.165, 1.54) is 0 Å². The Bertz CT molecular complexity index is 435. The molecule has 20 heavy (non-hydrogen) atoms. The molecule has 110 valence electrons. The Morgan fingerprint density at radius 3 is 2.60 bits per heavy atom. The van der Waals surface area contributed by atoms with Gasteiger partial charge in [0, 0.05) is 25.8 Å². The summed E-state index contributed by atoms with van der Waals surface area (Å²) in [6.07, 6.45) is 0.829. The molecule has 1 amide bonds. The normalized spacial score (nSPS) is 9.90. The van der Waals surface area contributed by atoms with Gasteiger partial charge < -0.3 is 14.8 Å². The summed E-state index contributed by atoms with van der Waals surface area (Å²) in [5, 5.41) is 5.89. The Morgan fingerprint density at radius 1 is 1.30 bits per heavy atom. The molecule has 0 aromatic heterocycles. The number of benzene rings is 1. The van der Waals surface area contributed by atoms with E-state index in [-0.39, 0.29) is 5.91 Å². The Hall–Kier alpha value is -1.66. The molecule has 0 saturated heterocycles. The van der Waals surface area contributed by atoms with E-state index in [9.17, 15) is 4.79 Å². The molecule has 5 nitrogen and oxygen atoms in total. The first kappa shape index (κ1) is 16.4. The van der Waals surface area contributed by atoms with Gasteiger partial charge in [-0.3, -0.25) is 10.1 Å². The number of ether oxygens (including phenoxy) is 2. The fourth-order valence-electron chi connectivity index (χ4n) is 1.51. The molecule has 0 unspecified atom stereocenters. The number of hydrogen-bond donors (Lipinski definition) is 2. The van der Waals surface area contributed by atoms with Gasteiger partial charge in [0.15, 0.2) is 5.11 Å². The Morgan fingerprint density at radius 2 is 2.00 bits per heavy atom. The van der Waals surface area contributed by atoms with Gasteiger partial charge in [0.05, 0.1) is 6.61 Å². The Balaban J connectivity index is 2.39. The first-order valence-electron chi connectivity index (χ1n) is 6.48. The molecular formula is C14H20N2O3S. The summed E-state index contributed by atoms with van der Waals surface area (Å²) in [6, 6.07) is 6.92. The van der Waals surface area contributed by atoms with E-state index >= 15 is 0 Å². The van der Waals surface area contributed by atoms with Crippen LogP contribution in [-0.4, -0.2) is 37.9 Å². The molecule has 1 aromatic carbocycles. The van der Waals surface area contributed by atoms with Crippen molar-refractivity contribution in [1.82, 2.24) is 10.6 Å². The van der Waals surface area contributed by atoms with Crippen molar-refractivity contribution in [1.29, 1.82) is 0 Å². The number of carbonyl (C=O) groups is 1. The van der Waals surface area contributed by atoms with Gasteiger partial charge >= 0.3 is 0 Å². The van der Waals surface area contributed by atoms with Gasteiger partial charge in [0.25, 0.3) is 5.91 Å². The maximum Gasteiger partial charge on any atom is 0.257 e. The van der Waals surface area contributed by atoms with E-state index in [4.69, 9.17) is 21.7 Å². The third-order valence-corrected chi connectivity index (χ3v) is 2.71. The number of thiocarbonyl (C=S) groups is 1. The van der Waals surface area contributed by atoms with Crippen LogP contribution in [0.2, 0.25) is 0 Å². The minimum Gasteiger partial charge on any atom is -0.494 e. The second-order valence-electron chi connectivity index (χ2n) is 4.01. The lowest BCUT2D eigenvalue weighted by atomic mass is 10.2. The molecule has 0 bridgehead atoms. The van der Waals surface area contributed by atoms with Gasteiger partial charge in [-0.2, -0.15) is 0 Å². The van der Waals surface area contributed by atoms with E-state index in [0.717, 1.165) is 12.2 Å². The van der Waals surface area contributed by atoms with Crippen molar-refractivity contribution in [3.63, 3.8) is 0 Å². The molecule has 2 N–H and O–H groups in total. The summed E-state index contributed by atoms with van der Waals surface area (Å²) in [7, 11) is 1.64. The molecule has 0 radical (unpaired) electrons. The van der Waals surface area contributed by atoms with Crippen molar-refractivity contribution < 1.29 is 14.3 Å². The van der Waals surface area contributed by atoms with Crippen LogP contribution in [0, 0.1) is 0 Å². The van der Waals surface area contributed by atoms with Crippen molar-refractivity contribution in [2.24, 2.45) is 0 Å². The highest BCUT2D eigenvalue weighted by Gasteiger charge is 2.07. The van der Waals surface area contributed by atoms with E-state index < -0.39 is 0 Å². The lowest BCUT2D eigenvalue weighted by Crippen LogP contribution is -2.39. The van der Waals surface area contributed by atoms with Crippen LogP contribution in [0.15, 0.2) is 24.3 Å². The Kier molecular flexibility index (Phi) is 7.60. The molecule has 1 aromatic rings. The number of amides is 1. The monoisotopic (exact) mass is 296 g/mol. The smallest absolute Gasteiger partial charge is 0.257 e. The molecule has 0 fully saturated rings. The minimum absolute atomic E-state index is 0.239. The molecule has 0 atom stereocenters. The number of hydrogen-bond acceptors (Lipinski definition) is 4. The molecule has 1 rings (SSSR count). The molecular weight excluding hydrogens is 276 g/mol. The van der Waals surface area contributed by atoms with Crippen molar-refractivity contribution in [3.05, 3.63) is 29.8 Å². The summed E-state index contributed by atoms with van der Waals surface area (Å²) in [5.74, 6) is 0.501. The highest BCUT2D eigenvalue weighted by Crippen LogP contribution is 2.11. The van der Waals surface area contributed by atoms with E-state index in [1.54, 1.807) is 31.4 Å². The number of nitrogens with one attached hydrogen (secondary N) is 2. The third kappa shape index (κ3) is 5.99. The van der Waals surface area contributed by atoms with E-state index in [1.807, 2.05) is 6.92 Å². The van der Waals surface area contributed by atoms with Gasteiger partial charge in [0.1, 0.15) is 5.75 Å². The first-order valence-corrected chi connectivity index (χ1v) is 6.89. The van der Waals surface area contributed by atoms with E-state index in [2.05, 4.69) is 10.6 Å². The summed E-state index contributed by atoms with van der Waals surface area (Å²) in [5.41, 5.74) is 0.537. The predicted octanol–water partition coefficient (Wildman–Crippen LogP) is 1.73. The number of rotatable bonds is 7. The zero-order chi connectivity index (χ0) is 14.8. The predicted molar refractivity (Wildman–Crippen MR) is 82.2 cm³/mol. The molecule has 0 heterocycles. The van der Waals surface area contributed by atoms with Gasteiger partial charge in [-0.25, -0.2) is 0 Å². The summed E-state index contributed by atoms with van der Waals surface area (Å²) in [4.78, 5) is 11.9. The maximum absolute atomic E-state index is 11.9. The van der Waals surface area contributed by atoms with Crippen molar-refractivity contribution in [3.8, 4) is 5.75 Å². The molecule has 0 aliphatic rings. The van der Waals surface area contributed by atoms with Gasteiger partial charge in [-0.05, 0) is 49.8 Å². The SMILES string of the molecule is CCOc1ccc(C(=O)NC(=S)NCCCOC)cc1. The topological polar surface area (TPSA) is 59.6 Å². The highest BCUT2D eigenvalue weighted by molar-refractivity contribution is 7.80. The van der Waals surface area contributed by atoms with Gasteiger partial charge in [-0.15, -0.1) is 0 Å². The molecule has 0 spiro atoms. The fourth-order valence-corrected chi connectivity index (χ4v) is 1.70. The van der Waals surface area contributed by atoms with Crippen LogP contribution in [0.3, 0.4) is 0 Å². The zero-order valence-corrected chi connectivity index (χ0v) is 12.6. The highest BCUT2D eigenvalue weighted by atomic mass is 32.1. The first-order chi connectivity index (χ1) is 9.67. The van der Waals surface area contributed by atoms with Gasteiger partial charge in [-0.1, -0.05) is 0 Å². The molecule has 0 aliphatic heterocycles. The van der Waals surface area contributed by atoms with Crippen LogP contribution >= 0.6 is 12.2 Å². The second-order valence-corrected chi connectivity index (χ2v) is 4.42.